The average Bonchev–Trinajstić information content (AvgIpc) is 2.92. The van der Waals surface area contributed by atoms with Crippen molar-refractivity contribution in [1.82, 2.24) is 24.4 Å². The first-order valence-corrected chi connectivity index (χ1v) is 12.4. The molecule has 0 spiro atoms. The number of hydrogen-bond acceptors (Lipinski definition) is 7. The number of hydrogen-bond donors (Lipinski definition) is 1. The lowest BCUT2D eigenvalue weighted by Gasteiger charge is -2.35. The fourth-order valence-electron chi connectivity index (χ4n) is 4.54. The predicted molar refractivity (Wildman–Crippen MR) is 148 cm³/mol. The third-order valence-electron chi connectivity index (χ3n) is 6.49. The number of anilines is 1. The van der Waals surface area contributed by atoms with Crippen LogP contribution in [-0.2, 0) is 4.79 Å². The van der Waals surface area contributed by atoms with Gasteiger partial charge in [-0.2, -0.15) is 4.98 Å². The van der Waals surface area contributed by atoms with E-state index in [1.165, 1.54) is 6.07 Å². The van der Waals surface area contributed by atoms with Crippen LogP contribution in [-0.4, -0.2) is 61.5 Å². The van der Waals surface area contributed by atoms with Gasteiger partial charge < -0.3 is 14.9 Å². The summed E-state index contributed by atoms with van der Waals surface area (Å²) in [6.07, 6.45) is 2.48. The standard InChI is InChI=1S/C29H28F2N6O3/c1-5-22(39)35-11-13-36(14-12-35)27-18-15-20(31)25(23-19(30)7-6-8-21(23)38)33-28(18)37(29(40)34-27)26-17(4)9-10-32-24(26)16(2)3/h5-10,15-16,38H,1,11-14H2,2-4H3/i13D2,14D2. The third-order valence-corrected chi connectivity index (χ3v) is 6.49. The number of nitrogens with zero attached hydrogens (tertiary/aromatic N) is 6. The van der Waals surface area contributed by atoms with E-state index in [4.69, 9.17) is 5.48 Å². The fourth-order valence-corrected chi connectivity index (χ4v) is 4.54. The molecule has 206 valence electrons. The molecule has 3 aromatic heterocycles. The van der Waals surface area contributed by atoms with Crippen LogP contribution in [0.3, 0.4) is 0 Å². The number of rotatable bonds is 5. The van der Waals surface area contributed by atoms with Gasteiger partial charge in [0.15, 0.2) is 11.5 Å². The first-order chi connectivity index (χ1) is 20.6. The molecule has 5 rings (SSSR count). The van der Waals surface area contributed by atoms with Gasteiger partial charge in [-0.3, -0.25) is 9.78 Å². The van der Waals surface area contributed by atoms with E-state index in [2.05, 4.69) is 21.5 Å². The minimum absolute atomic E-state index is 0.221. The molecule has 1 N–H and O–H groups in total. The van der Waals surface area contributed by atoms with Gasteiger partial charge in [-0.05, 0) is 48.7 Å². The van der Waals surface area contributed by atoms with Crippen LogP contribution in [0, 0.1) is 18.6 Å². The number of benzene rings is 1. The number of phenols is 1. The van der Waals surface area contributed by atoms with Crippen molar-refractivity contribution in [3.8, 4) is 22.7 Å². The van der Waals surface area contributed by atoms with Gasteiger partial charge in [0.2, 0.25) is 5.91 Å². The maximum Gasteiger partial charge on any atom is 0.355 e. The highest BCUT2D eigenvalue weighted by Crippen LogP contribution is 2.36. The number of halogens is 2. The molecule has 0 bridgehead atoms. The number of aryl methyl sites for hydroxylation is 1. The smallest absolute Gasteiger partial charge is 0.355 e. The van der Waals surface area contributed by atoms with E-state index in [0.717, 1.165) is 33.7 Å². The Kier molecular flexibility index (Phi) is 5.81. The molecule has 4 heterocycles. The number of piperazine rings is 1. The summed E-state index contributed by atoms with van der Waals surface area (Å²) in [6.45, 7) is 2.21. The molecule has 0 unspecified atom stereocenters. The van der Waals surface area contributed by atoms with Gasteiger partial charge in [0.05, 0.1) is 27.8 Å². The second-order valence-corrected chi connectivity index (χ2v) is 9.44. The van der Waals surface area contributed by atoms with Crippen molar-refractivity contribution in [2.75, 3.05) is 31.0 Å². The molecule has 11 heteroatoms. The second-order valence-electron chi connectivity index (χ2n) is 9.44. The van der Waals surface area contributed by atoms with E-state index in [0.29, 0.717) is 16.2 Å². The number of phenolic OH excluding ortho intramolecular Hbond substituents is 1. The zero-order chi connectivity index (χ0) is 32.3. The Morgan fingerprint density at radius 1 is 1.18 bits per heavy atom. The number of fused-ring (bicyclic) bond motifs is 1. The summed E-state index contributed by atoms with van der Waals surface area (Å²) < 4.78 is 66.8. The zero-order valence-electron chi connectivity index (χ0n) is 25.9. The Hall–Kier alpha value is -4.67. The lowest BCUT2D eigenvalue weighted by atomic mass is 10.0. The normalized spacial score (nSPS) is 17.8. The molecule has 1 aliphatic rings. The molecule has 4 aromatic rings. The summed E-state index contributed by atoms with van der Waals surface area (Å²) in [7, 11) is 0. The predicted octanol–water partition coefficient (Wildman–Crippen LogP) is 4.09. The fraction of sp³-hybridized carbons (Fsp3) is 0.276. The SMILES string of the molecule is [2H]C1([2H])CN(C(=O)C=C)CC([2H])([2H])N1c1nc(=O)n(-c2c(C)ccnc2C(C)C)c2nc(-c3c(O)cccc3F)c(F)cc12. The molecule has 1 amide bonds. The molecule has 0 radical (unpaired) electrons. The van der Waals surface area contributed by atoms with Gasteiger partial charge in [0.1, 0.15) is 23.1 Å². The molecule has 0 atom stereocenters. The average molecular weight is 551 g/mol. The number of amides is 1. The van der Waals surface area contributed by atoms with Gasteiger partial charge in [-0.1, -0.05) is 26.5 Å². The van der Waals surface area contributed by atoms with E-state index >= 15 is 4.39 Å². The highest BCUT2D eigenvalue weighted by Gasteiger charge is 2.28. The van der Waals surface area contributed by atoms with Gasteiger partial charge in [-0.25, -0.2) is 23.1 Å². The van der Waals surface area contributed by atoms with Gasteiger partial charge >= 0.3 is 5.69 Å². The highest BCUT2D eigenvalue weighted by molar-refractivity contribution is 5.91. The lowest BCUT2D eigenvalue weighted by Crippen LogP contribution is -2.49. The molecule has 1 saturated heterocycles. The zero-order valence-corrected chi connectivity index (χ0v) is 21.9. The van der Waals surface area contributed by atoms with E-state index in [-0.39, 0.29) is 22.6 Å². The molecule has 9 nitrogen and oxygen atoms in total. The minimum Gasteiger partial charge on any atom is -0.507 e. The number of aromatic nitrogens is 4. The quantitative estimate of drug-likeness (QED) is 0.373. The summed E-state index contributed by atoms with van der Waals surface area (Å²) in [6, 6.07) is 5.84. The van der Waals surface area contributed by atoms with Crippen LogP contribution in [0.1, 0.15) is 36.5 Å². The van der Waals surface area contributed by atoms with Crippen LogP contribution < -0.4 is 10.6 Å². The number of aromatic hydroxyl groups is 1. The van der Waals surface area contributed by atoms with E-state index in [9.17, 15) is 19.1 Å². The van der Waals surface area contributed by atoms with Crippen LogP contribution in [0.25, 0.3) is 28.0 Å². The van der Waals surface area contributed by atoms with Crippen molar-refractivity contribution in [2.24, 2.45) is 0 Å². The molecular weight excluding hydrogens is 518 g/mol. The summed E-state index contributed by atoms with van der Waals surface area (Å²) in [5, 5.41) is 10.2. The first-order valence-electron chi connectivity index (χ1n) is 14.4. The summed E-state index contributed by atoms with van der Waals surface area (Å²) in [4.78, 5) is 40.6. The van der Waals surface area contributed by atoms with Crippen LogP contribution in [0.5, 0.6) is 5.75 Å². The Morgan fingerprint density at radius 3 is 2.55 bits per heavy atom. The van der Waals surface area contributed by atoms with Crippen LogP contribution >= 0.6 is 0 Å². The maximum atomic E-state index is 15.9. The molecule has 0 aliphatic carbocycles. The topological polar surface area (TPSA) is 104 Å². The first kappa shape index (κ1) is 22.2. The largest absolute Gasteiger partial charge is 0.507 e. The molecule has 40 heavy (non-hydrogen) atoms. The number of pyridine rings is 2. The van der Waals surface area contributed by atoms with Crippen molar-refractivity contribution in [3.63, 3.8) is 0 Å². The van der Waals surface area contributed by atoms with Crippen molar-refractivity contribution in [1.29, 1.82) is 0 Å². The van der Waals surface area contributed by atoms with Crippen molar-refractivity contribution in [3.05, 3.63) is 82.6 Å². The number of carbonyl (C=O) groups is 1. The van der Waals surface area contributed by atoms with Crippen molar-refractivity contribution < 1.29 is 24.2 Å². The van der Waals surface area contributed by atoms with Crippen molar-refractivity contribution >= 4 is 22.8 Å². The van der Waals surface area contributed by atoms with Gasteiger partial charge in [0, 0.05) is 32.3 Å². The Morgan fingerprint density at radius 2 is 1.90 bits per heavy atom. The summed E-state index contributed by atoms with van der Waals surface area (Å²) in [5.41, 5.74) is -1.28. The summed E-state index contributed by atoms with van der Waals surface area (Å²) in [5.74, 6) is -4.27. The summed E-state index contributed by atoms with van der Waals surface area (Å²) >= 11 is 0. The van der Waals surface area contributed by atoms with E-state index in [1.54, 1.807) is 19.2 Å². The molecule has 0 saturated carbocycles. The van der Waals surface area contributed by atoms with E-state index < -0.39 is 72.1 Å². The monoisotopic (exact) mass is 550 g/mol. The van der Waals surface area contributed by atoms with Crippen LogP contribution in [0.4, 0.5) is 14.6 Å². The van der Waals surface area contributed by atoms with Crippen LogP contribution in [0.2, 0.25) is 0 Å². The van der Waals surface area contributed by atoms with E-state index in [1.807, 2.05) is 13.8 Å². The van der Waals surface area contributed by atoms with Crippen LogP contribution in [0.15, 0.2) is 54.0 Å². The third kappa shape index (κ3) is 4.57. The molecule has 1 fully saturated rings. The molecule has 1 aliphatic heterocycles. The Labute approximate surface area is 234 Å². The number of carbonyl (C=O) groups excluding carboxylic acids is 1. The van der Waals surface area contributed by atoms with Gasteiger partial charge in [-0.15, -0.1) is 0 Å². The second kappa shape index (κ2) is 10.5. The Balaban J connectivity index is 1.91. The maximum absolute atomic E-state index is 15.9. The highest BCUT2D eigenvalue weighted by atomic mass is 19.1. The molecule has 1 aromatic carbocycles. The van der Waals surface area contributed by atoms with Gasteiger partial charge in [0.25, 0.3) is 0 Å². The Bertz CT molecular complexity index is 1860. The van der Waals surface area contributed by atoms with Crippen molar-refractivity contribution in [2.45, 2.75) is 26.7 Å². The minimum atomic E-state index is -2.65. The lowest BCUT2D eigenvalue weighted by molar-refractivity contribution is -0.126. The molecular formula is C29H28F2N6O3.